The first kappa shape index (κ1) is 24.2. The second kappa shape index (κ2) is 11.0. The number of carbonyl (C=O) groups excluding carboxylic acids is 1. The van der Waals surface area contributed by atoms with E-state index in [1.165, 1.54) is 11.8 Å². The van der Waals surface area contributed by atoms with E-state index in [-0.39, 0.29) is 5.91 Å². The Bertz CT molecular complexity index is 1440. The number of para-hydroxylation sites is 2. The molecule has 4 aromatic rings. The van der Waals surface area contributed by atoms with Crippen molar-refractivity contribution < 1.29 is 9.53 Å². The first-order valence-electron chi connectivity index (χ1n) is 11.2. The minimum absolute atomic E-state index is 0.189. The highest BCUT2D eigenvalue weighted by atomic mass is 35.5. The van der Waals surface area contributed by atoms with Crippen LogP contribution in [0.15, 0.2) is 113 Å². The van der Waals surface area contributed by atoms with E-state index in [1.54, 1.807) is 23.1 Å². The molecule has 1 aliphatic rings. The Labute approximate surface area is 223 Å². The summed E-state index contributed by atoms with van der Waals surface area (Å²) < 4.78 is 6.09. The number of ether oxygens (including phenoxy) is 1. The molecule has 4 aromatic carbocycles. The molecule has 0 aliphatic carbocycles. The Morgan fingerprint density at radius 1 is 0.861 bits per heavy atom. The van der Waals surface area contributed by atoms with Gasteiger partial charge in [-0.25, -0.2) is 4.99 Å². The maximum atomic E-state index is 13.6. The van der Waals surface area contributed by atoms with Crippen molar-refractivity contribution in [1.29, 1.82) is 0 Å². The zero-order valence-electron chi connectivity index (χ0n) is 19.0. The van der Waals surface area contributed by atoms with Gasteiger partial charge in [-0.3, -0.25) is 9.69 Å². The first-order valence-corrected chi connectivity index (χ1v) is 12.7. The van der Waals surface area contributed by atoms with E-state index in [0.717, 1.165) is 16.9 Å². The van der Waals surface area contributed by atoms with Gasteiger partial charge in [0.05, 0.1) is 21.3 Å². The molecule has 0 bridgehead atoms. The molecule has 1 fully saturated rings. The Balaban J connectivity index is 1.53. The number of hydrogen-bond acceptors (Lipinski definition) is 4. The Morgan fingerprint density at radius 3 is 2.19 bits per heavy atom. The minimum Gasteiger partial charge on any atom is -0.487 e. The van der Waals surface area contributed by atoms with Gasteiger partial charge in [0.25, 0.3) is 5.91 Å². The topological polar surface area (TPSA) is 41.9 Å². The summed E-state index contributed by atoms with van der Waals surface area (Å²) in [6.07, 6.45) is 1.76. The van der Waals surface area contributed by atoms with Crippen LogP contribution in [0.3, 0.4) is 0 Å². The minimum atomic E-state index is -0.189. The molecule has 0 spiro atoms. The summed E-state index contributed by atoms with van der Waals surface area (Å²) in [5.41, 5.74) is 3.11. The lowest BCUT2D eigenvalue weighted by Crippen LogP contribution is -2.28. The van der Waals surface area contributed by atoms with E-state index in [2.05, 4.69) is 0 Å². The monoisotopic (exact) mass is 530 g/mol. The molecule has 0 N–H and O–H groups in total. The molecule has 0 radical (unpaired) electrons. The zero-order valence-corrected chi connectivity index (χ0v) is 21.3. The lowest BCUT2D eigenvalue weighted by atomic mass is 10.1. The Morgan fingerprint density at radius 2 is 1.50 bits per heavy atom. The number of amides is 1. The number of halogens is 2. The molecule has 1 aliphatic heterocycles. The maximum absolute atomic E-state index is 13.6. The van der Waals surface area contributed by atoms with Gasteiger partial charge in [0.1, 0.15) is 12.4 Å². The van der Waals surface area contributed by atoms with Gasteiger partial charge in [-0.2, -0.15) is 0 Å². The molecule has 4 nitrogen and oxygen atoms in total. The van der Waals surface area contributed by atoms with Crippen molar-refractivity contribution >= 4 is 63.5 Å². The number of anilines is 1. The van der Waals surface area contributed by atoms with E-state index in [1.807, 2.05) is 91.0 Å². The average molecular weight is 531 g/mol. The van der Waals surface area contributed by atoms with E-state index in [4.69, 9.17) is 32.9 Å². The van der Waals surface area contributed by atoms with Crippen LogP contribution in [0.5, 0.6) is 5.75 Å². The van der Waals surface area contributed by atoms with Gasteiger partial charge in [0.15, 0.2) is 5.17 Å². The van der Waals surface area contributed by atoms with Crippen molar-refractivity contribution in [3.63, 3.8) is 0 Å². The highest BCUT2D eigenvalue weighted by Crippen LogP contribution is 2.40. The number of amidine groups is 1. The fraction of sp³-hybridized carbons (Fsp3) is 0.0345. The van der Waals surface area contributed by atoms with Gasteiger partial charge in [-0.1, -0.05) is 89.9 Å². The third-order valence-corrected chi connectivity index (χ3v) is 6.82. The first-order chi connectivity index (χ1) is 17.6. The summed E-state index contributed by atoms with van der Waals surface area (Å²) in [6, 6.07) is 32.2. The second-order valence-electron chi connectivity index (χ2n) is 7.90. The summed E-state index contributed by atoms with van der Waals surface area (Å²) in [5.74, 6) is 0.275. The number of aliphatic imine (C=N–C) groups is 1. The van der Waals surface area contributed by atoms with Gasteiger partial charge >= 0.3 is 0 Å². The number of hydrogen-bond donors (Lipinski definition) is 0. The zero-order chi connectivity index (χ0) is 24.9. The van der Waals surface area contributed by atoms with Crippen LogP contribution in [0, 0.1) is 0 Å². The number of thioether (sulfide) groups is 1. The molecule has 1 amide bonds. The Hall–Kier alpha value is -3.51. The van der Waals surface area contributed by atoms with Crippen molar-refractivity contribution in [3.8, 4) is 5.75 Å². The highest BCUT2D eigenvalue weighted by Gasteiger charge is 2.35. The van der Waals surface area contributed by atoms with E-state index in [9.17, 15) is 4.79 Å². The molecule has 0 unspecified atom stereocenters. The third-order valence-electron chi connectivity index (χ3n) is 5.35. The lowest BCUT2D eigenvalue weighted by Gasteiger charge is -2.15. The Kier molecular flexibility index (Phi) is 7.42. The van der Waals surface area contributed by atoms with Crippen LogP contribution >= 0.6 is 35.0 Å². The molecule has 0 aromatic heterocycles. The van der Waals surface area contributed by atoms with Crippen LogP contribution in [0.1, 0.15) is 11.1 Å². The van der Waals surface area contributed by atoms with Crippen molar-refractivity contribution in [2.24, 2.45) is 4.99 Å². The third kappa shape index (κ3) is 5.49. The van der Waals surface area contributed by atoms with E-state index in [0.29, 0.717) is 38.0 Å². The molecule has 7 heteroatoms. The normalized spacial score (nSPS) is 15.6. The molecule has 5 rings (SSSR count). The predicted molar refractivity (Wildman–Crippen MR) is 150 cm³/mol. The van der Waals surface area contributed by atoms with Gasteiger partial charge in [-0.05, 0) is 59.8 Å². The van der Waals surface area contributed by atoms with Crippen molar-refractivity contribution in [3.05, 3.63) is 129 Å². The van der Waals surface area contributed by atoms with E-state index < -0.39 is 0 Å². The fourth-order valence-electron chi connectivity index (χ4n) is 3.68. The van der Waals surface area contributed by atoms with Crippen molar-refractivity contribution in [2.45, 2.75) is 6.61 Å². The van der Waals surface area contributed by atoms with E-state index >= 15 is 0 Å². The van der Waals surface area contributed by atoms with Crippen LogP contribution in [-0.4, -0.2) is 11.1 Å². The number of nitrogens with zero attached hydrogens (tertiary/aromatic N) is 2. The van der Waals surface area contributed by atoms with Gasteiger partial charge < -0.3 is 4.74 Å². The summed E-state index contributed by atoms with van der Waals surface area (Å²) in [7, 11) is 0. The highest BCUT2D eigenvalue weighted by molar-refractivity contribution is 8.19. The lowest BCUT2D eigenvalue weighted by molar-refractivity contribution is -0.113. The molecule has 1 heterocycles. The van der Waals surface area contributed by atoms with Gasteiger partial charge in [-0.15, -0.1) is 0 Å². The molecule has 178 valence electrons. The molecular weight excluding hydrogens is 511 g/mol. The standard InChI is InChI=1S/C29H20Cl2N2O2S/c30-22-16-21(27(25(31)18-22)35-19-20-10-4-1-5-11-20)17-26-28(34)33(24-14-8-3-9-15-24)29(36-26)32-23-12-6-2-7-13-23/h1-18H,19H2/b26-17+,32-29?. The molecule has 36 heavy (non-hydrogen) atoms. The van der Waals surface area contributed by atoms with Gasteiger partial charge in [0, 0.05) is 10.6 Å². The summed E-state index contributed by atoms with van der Waals surface area (Å²) in [5, 5.41) is 1.38. The molecular formula is C29H20Cl2N2O2S. The molecule has 0 atom stereocenters. The van der Waals surface area contributed by atoms with Crippen molar-refractivity contribution in [1.82, 2.24) is 0 Å². The molecule has 0 saturated carbocycles. The SMILES string of the molecule is O=C1/C(=C\c2cc(Cl)cc(Cl)c2OCc2ccccc2)SC(=Nc2ccccc2)N1c1ccccc1. The smallest absolute Gasteiger partial charge is 0.271 e. The van der Waals surface area contributed by atoms with Crippen LogP contribution in [0.2, 0.25) is 10.0 Å². The van der Waals surface area contributed by atoms with Crippen LogP contribution in [-0.2, 0) is 11.4 Å². The largest absolute Gasteiger partial charge is 0.487 e. The molecule has 1 saturated heterocycles. The summed E-state index contributed by atoms with van der Waals surface area (Å²) >= 11 is 14.1. The number of benzene rings is 4. The maximum Gasteiger partial charge on any atom is 0.271 e. The van der Waals surface area contributed by atoms with Crippen LogP contribution < -0.4 is 9.64 Å². The van der Waals surface area contributed by atoms with Crippen molar-refractivity contribution in [2.75, 3.05) is 4.90 Å². The number of carbonyl (C=O) groups is 1. The van der Waals surface area contributed by atoms with Gasteiger partial charge in [0.2, 0.25) is 0 Å². The fourth-order valence-corrected chi connectivity index (χ4v) is 5.23. The predicted octanol–water partition coefficient (Wildman–Crippen LogP) is 8.38. The quantitative estimate of drug-likeness (QED) is 0.235. The van der Waals surface area contributed by atoms with Crippen LogP contribution in [0.25, 0.3) is 6.08 Å². The average Bonchev–Trinajstić information content (AvgIpc) is 3.19. The van der Waals surface area contributed by atoms with Crippen LogP contribution in [0.4, 0.5) is 11.4 Å². The summed E-state index contributed by atoms with van der Waals surface area (Å²) in [6.45, 7) is 0.330. The summed E-state index contributed by atoms with van der Waals surface area (Å²) in [4.78, 5) is 20.5. The number of rotatable bonds is 6. The second-order valence-corrected chi connectivity index (χ2v) is 9.75.